The number of fused-ring (bicyclic) bond motifs is 20. The van der Waals surface area contributed by atoms with Crippen LogP contribution in [0.4, 0.5) is 0 Å². The molecule has 0 N–H and O–H groups in total. The summed E-state index contributed by atoms with van der Waals surface area (Å²) in [4.78, 5) is 56.4. The minimum absolute atomic E-state index is 0. The molecule has 7 aromatic heterocycles. The Balaban J connectivity index is 0.00000256. The molecule has 0 unspecified atom stereocenters. The number of hydrogen-bond acceptors (Lipinski definition) is 10. The Morgan fingerprint density at radius 1 is 0.415 bits per heavy atom. The molecule has 9 heterocycles. The van der Waals surface area contributed by atoms with Gasteiger partial charge in [0, 0.05) is 69.3 Å². The van der Waals surface area contributed by atoms with E-state index in [1.807, 2.05) is 48.5 Å². The molecule has 2 aliphatic rings. The maximum Gasteiger partial charge on any atom is 2.00 e. The molecular formula is C28H12CoN12. The Bertz CT molecular complexity index is 2040. The molecule has 12 nitrogen and oxygen atoms in total. The zero-order valence-electron chi connectivity index (χ0n) is 20.6. The fraction of sp³-hybridized carbons (Fsp3) is 0. The van der Waals surface area contributed by atoms with Gasteiger partial charge < -0.3 is 29.9 Å². The van der Waals surface area contributed by atoms with Crippen molar-refractivity contribution in [3.8, 4) is 45.8 Å². The van der Waals surface area contributed by atoms with Gasteiger partial charge in [-0.25, -0.2) is 9.97 Å². The van der Waals surface area contributed by atoms with Crippen LogP contribution in [0.15, 0.2) is 73.3 Å². The van der Waals surface area contributed by atoms with Gasteiger partial charge in [-0.3, -0.25) is 19.9 Å². The standard InChI is InChI=1S/C28H12N12.Co/c1-5-13-17(29-9-1)25-35-21(13)33-22-14-6-2-10-30-18(14)27(36-22)40-28-20-16(8-4-12-32-20)24(38-28)34-23-15-7-3-11-31-19(15)26(37-23)39-25;/h1-12H;/q-2;+2. The van der Waals surface area contributed by atoms with Crippen molar-refractivity contribution in [2.45, 2.75) is 0 Å². The summed E-state index contributed by atoms with van der Waals surface area (Å²) >= 11 is 0. The molecule has 8 bridgehead atoms. The van der Waals surface area contributed by atoms with Gasteiger partial charge in [0.2, 0.25) is 0 Å². The zero-order valence-corrected chi connectivity index (χ0v) is 21.7. The fourth-order valence-corrected chi connectivity index (χ4v) is 4.96. The van der Waals surface area contributed by atoms with Crippen molar-refractivity contribution in [2.75, 3.05) is 0 Å². The largest absolute Gasteiger partial charge is 2.00 e. The number of pyridine rings is 4. The van der Waals surface area contributed by atoms with Crippen molar-refractivity contribution in [1.29, 1.82) is 0 Å². The van der Waals surface area contributed by atoms with Crippen molar-refractivity contribution in [3.05, 3.63) is 73.3 Å². The Hall–Kier alpha value is -5.53. The molecule has 9 rings (SSSR count). The van der Waals surface area contributed by atoms with Crippen LogP contribution in [0.1, 0.15) is 0 Å². The Kier molecular flexibility index (Phi) is 4.98. The van der Waals surface area contributed by atoms with Gasteiger partial charge in [-0.1, -0.05) is 12.1 Å². The van der Waals surface area contributed by atoms with E-state index in [0.29, 0.717) is 68.3 Å². The number of aromatic nitrogens is 12. The minimum Gasteiger partial charge on any atom is -0.356 e. The second-order valence-electron chi connectivity index (χ2n) is 9.08. The van der Waals surface area contributed by atoms with E-state index in [1.165, 1.54) is 0 Å². The second-order valence-corrected chi connectivity index (χ2v) is 9.08. The Morgan fingerprint density at radius 3 is 1.32 bits per heavy atom. The summed E-state index contributed by atoms with van der Waals surface area (Å²) in [6.07, 6.45) is 6.78. The Labute approximate surface area is 239 Å². The normalized spacial score (nSPS) is 11.7. The fourth-order valence-electron chi connectivity index (χ4n) is 4.96. The molecule has 2 aliphatic heterocycles. The van der Waals surface area contributed by atoms with Crippen molar-refractivity contribution in [1.82, 2.24) is 59.8 Å². The van der Waals surface area contributed by atoms with Crippen LogP contribution in [0.3, 0.4) is 0 Å². The first-order valence-corrected chi connectivity index (χ1v) is 12.3. The first kappa shape index (κ1) is 23.4. The van der Waals surface area contributed by atoms with E-state index in [9.17, 15) is 0 Å². The summed E-state index contributed by atoms with van der Waals surface area (Å²) in [6.45, 7) is 0. The molecular weight excluding hydrogens is 563 g/mol. The van der Waals surface area contributed by atoms with E-state index in [2.05, 4.69) is 19.9 Å². The van der Waals surface area contributed by atoms with E-state index < -0.39 is 0 Å². The van der Waals surface area contributed by atoms with E-state index in [-0.39, 0.29) is 16.8 Å². The van der Waals surface area contributed by atoms with Crippen molar-refractivity contribution in [3.63, 3.8) is 0 Å². The maximum absolute atomic E-state index is 4.84. The van der Waals surface area contributed by atoms with Crippen LogP contribution in [0.25, 0.3) is 90.2 Å². The van der Waals surface area contributed by atoms with E-state index >= 15 is 0 Å². The third kappa shape index (κ3) is 3.46. The molecule has 0 fully saturated rings. The second kappa shape index (κ2) is 8.74. The van der Waals surface area contributed by atoms with Crippen LogP contribution >= 0.6 is 0 Å². The summed E-state index contributed by atoms with van der Waals surface area (Å²) in [5, 5.41) is 1.46. The summed E-state index contributed by atoms with van der Waals surface area (Å²) in [5.74, 6) is 1.61. The van der Waals surface area contributed by atoms with Crippen LogP contribution < -0.4 is 9.97 Å². The SMILES string of the molecule is [Co+2].c1cnc2c(c1)-c1nc-2nc2[n-]c(nc3nc(nc4[n-]c(n1)c1cccnc41)-c1ncccc1-3)c1cccnc21. The molecule has 41 heavy (non-hydrogen) atoms. The third-order valence-electron chi connectivity index (χ3n) is 6.74. The molecule has 0 aromatic carbocycles. The van der Waals surface area contributed by atoms with Gasteiger partial charge in [-0.2, -0.15) is 0 Å². The van der Waals surface area contributed by atoms with Crippen LogP contribution in [-0.2, 0) is 16.8 Å². The summed E-state index contributed by atoms with van der Waals surface area (Å²) in [5.41, 5.74) is 5.44. The topological polar surface area (TPSA) is 157 Å². The molecule has 1 radical (unpaired) electrons. The third-order valence-corrected chi connectivity index (χ3v) is 6.74. The first-order valence-electron chi connectivity index (χ1n) is 12.3. The quantitative estimate of drug-likeness (QED) is 0.259. The summed E-state index contributed by atoms with van der Waals surface area (Å²) < 4.78 is 0. The van der Waals surface area contributed by atoms with Gasteiger partial charge in [0.1, 0.15) is 23.0 Å². The van der Waals surface area contributed by atoms with Crippen LogP contribution in [0.2, 0.25) is 0 Å². The Morgan fingerprint density at radius 2 is 0.829 bits per heavy atom. The zero-order chi connectivity index (χ0) is 26.2. The molecule has 0 saturated carbocycles. The average Bonchev–Trinajstić information content (AvgIpc) is 3.73. The monoisotopic (exact) mass is 575 g/mol. The van der Waals surface area contributed by atoms with Crippen LogP contribution in [0.5, 0.6) is 0 Å². The maximum atomic E-state index is 4.84. The number of nitrogens with zero attached hydrogens (tertiary/aromatic N) is 12. The number of rotatable bonds is 0. The predicted octanol–water partition coefficient (Wildman–Crippen LogP) is 3.70. The predicted molar refractivity (Wildman–Crippen MR) is 145 cm³/mol. The molecule has 0 spiro atoms. The average molecular weight is 575 g/mol. The van der Waals surface area contributed by atoms with E-state index in [4.69, 9.17) is 39.9 Å². The van der Waals surface area contributed by atoms with E-state index in [1.54, 1.807) is 24.8 Å². The summed E-state index contributed by atoms with van der Waals surface area (Å²) in [6, 6.07) is 14.9. The van der Waals surface area contributed by atoms with Gasteiger partial charge in [-0.15, -0.1) is 0 Å². The van der Waals surface area contributed by atoms with Crippen molar-refractivity contribution >= 4 is 44.4 Å². The number of hydrogen-bond donors (Lipinski definition) is 0. The molecule has 0 atom stereocenters. The first-order chi connectivity index (χ1) is 19.8. The molecule has 0 amide bonds. The molecule has 193 valence electrons. The van der Waals surface area contributed by atoms with Crippen LogP contribution in [0, 0.1) is 0 Å². The van der Waals surface area contributed by atoms with Gasteiger partial charge in [0.15, 0.2) is 0 Å². The van der Waals surface area contributed by atoms with E-state index in [0.717, 1.165) is 21.9 Å². The van der Waals surface area contributed by atoms with Crippen molar-refractivity contribution in [2.24, 2.45) is 0 Å². The van der Waals surface area contributed by atoms with Crippen LogP contribution in [-0.4, -0.2) is 49.8 Å². The minimum atomic E-state index is 0. The molecule has 13 heteroatoms. The molecule has 0 saturated heterocycles. The summed E-state index contributed by atoms with van der Waals surface area (Å²) in [7, 11) is 0. The van der Waals surface area contributed by atoms with Gasteiger partial charge >= 0.3 is 16.8 Å². The molecule has 7 aromatic rings. The smallest absolute Gasteiger partial charge is 0.356 e. The van der Waals surface area contributed by atoms with Gasteiger partial charge in [0.05, 0.1) is 22.7 Å². The van der Waals surface area contributed by atoms with Crippen molar-refractivity contribution < 1.29 is 16.8 Å². The van der Waals surface area contributed by atoms with Gasteiger partial charge in [0.25, 0.3) is 0 Å². The van der Waals surface area contributed by atoms with Gasteiger partial charge in [-0.05, 0) is 36.4 Å². The molecule has 0 aliphatic carbocycles.